The summed E-state index contributed by atoms with van der Waals surface area (Å²) < 4.78 is 0. The predicted octanol–water partition coefficient (Wildman–Crippen LogP) is -0.568. The summed E-state index contributed by atoms with van der Waals surface area (Å²) in [7, 11) is -3.11. The van der Waals surface area contributed by atoms with Gasteiger partial charge >= 0.3 is 0 Å². The monoisotopic (exact) mass is 350 g/mol. The molecule has 0 saturated heterocycles. The fraction of sp³-hybridized carbons (Fsp3) is 0.100. The lowest BCUT2D eigenvalue weighted by Gasteiger charge is -2.17. The molecule has 2 unspecified atom stereocenters. The van der Waals surface area contributed by atoms with Gasteiger partial charge in [-0.25, -0.2) is 0 Å². The van der Waals surface area contributed by atoms with Gasteiger partial charge in [0.15, 0.2) is 0 Å². The molecule has 0 aliphatic carbocycles. The molecule has 0 saturated carbocycles. The van der Waals surface area contributed by atoms with Crippen LogP contribution in [0, 0.1) is 0 Å². The van der Waals surface area contributed by atoms with Gasteiger partial charge in [-0.1, -0.05) is 106 Å². The van der Waals surface area contributed by atoms with Gasteiger partial charge in [0, 0.05) is 12.5 Å². The molecule has 0 amide bonds. The van der Waals surface area contributed by atoms with Gasteiger partial charge in [-0.15, -0.1) is 0 Å². The molecule has 0 spiro atoms. The molecule has 3 aromatic rings. The number of rotatable bonds is 6. The Labute approximate surface area is 146 Å². The Morgan fingerprint density at radius 3 is 1.04 bits per heavy atom. The van der Waals surface area contributed by atoms with Crippen LogP contribution in [0.25, 0.3) is 0 Å². The van der Waals surface area contributed by atoms with Gasteiger partial charge in [0.1, 0.15) is 17.6 Å². The maximum absolute atomic E-state index is 9.87. The van der Waals surface area contributed by atoms with Gasteiger partial charge in [-0.3, -0.25) is 0 Å². The molecule has 3 rings (SSSR count). The molecule has 0 bridgehead atoms. The third-order valence-corrected chi connectivity index (χ3v) is 10.00. The average Bonchev–Trinajstić information content (AvgIpc) is 2.66. The maximum atomic E-state index is 9.87. The van der Waals surface area contributed by atoms with E-state index in [4.69, 9.17) is 0 Å². The van der Waals surface area contributed by atoms with Crippen LogP contribution in [0.4, 0.5) is 0 Å². The summed E-state index contributed by atoms with van der Waals surface area (Å²) in [5, 5.41) is 24.7. The fourth-order valence-electron chi connectivity index (χ4n) is 3.14. The number of aliphatic hydroxyl groups is 2. The van der Waals surface area contributed by atoms with Gasteiger partial charge in [0.2, 0.25) is 0 Å². The second-order valence-electron chi connectivity index (χ2n) is 5.96. The average molecular weight is 351 g/mol. The molecule has 0 radical (unpaired) electrons. The number of hydrogen-bond donors (Lipinski definition) is 2. The third-order valence-electron chi connectivity index (χ3n) is 4.51. The summed E-state index contributed by atoms with van der Waals surface area (Å²) in [5.41, 5.74) is 0. The Kier molecular flexibility index (Phi) is 5.77. The van der Waals surface area contributed by atoms with Gasteiger partial charge < -0.3 is 10.2 Å². The Hall–Kier alpha value is -1.99. The van der Waals surface area contributed by atoms with Crippen molar-refractivity contribution in [3.8, 4) is 0 Å². The highest BCUT2D eigenvalue weighted by Gasteiger charge is 2.18. The second kappa shape index (κ2) is 8.21. The predicted molar refractivity (Wildman–Crippen MR) is 106 cm³/mol. The molecular weight excluding hydrogens is 328 g/mol. The maximum Gasteiger partial charge on any atom is 0.130 e. The molecule has 122 valence electrons. The standard InChI is InChI=1S/C20H22O2Si2/c21-15-23(17-7-3-1-4-8-17)19-11-13-20(14-12-19)24(16-22)18-9-5-2-6-10-18/h1-14,21-24H,15-16H2. The van der Waals surface area contributed by atoms with Gasteiger partial charge in [0.25, 0.3) is 0 Å². The summed E-state index contributed by atoms with van der Waals surface area (Å²) in [5.74, 6) is 0. The van der Waals surface area contributed by atoms with Crippen molar-refractivity contribution >= 4 is 38.3 Å². The molecule has 0 heterocycles. The first-order valence-corrected chi connectivity index (χ1v) is 12.2. The van der Waals surface area contributed by atoms with E-state index in [9.17, 15) is 10.2 Å². The zero-order valence-corrected chi connectivity index (χ0v) is 15.9. The van der Waals surface area contributed by atoms with Crippen LogP contribution in [0.15, 0.2) is 84.9 Å². The molecule has 2 N–H and O–H groups in total. The van der Waals surface area contributed by atoms with E-state index in [1.165, 1.54) is 20.7 Å². The number of benzene rings is 3. The zero-order chi connectivity index (χ0) is 16.8. The molecule has 4 heteroatoms. The van der Waals surface area contributed by atoms with Crippen molar-refractivity contribution < 1.29 is 10.2 Å². The molecule has 0 fully saturated rings. The van der Waals surface area contributed by atoms with Crippen LogP contribution in [0.3, 0.4) is 0 Å². The number of hydrogen-bond acceptors (Lipinski definition) is 2. The van der Waals surface area contributed by atoms with Gasteiger partial charge in [-0.05, 0) is 0 Å². The van der Waals surface area contributed by atoms with Crippen LogP contribution < -0.4 is 20.7 Å². The van der Waals surface area contributed by atoms with E-state index in [2.05, 4.69) is 48.5 Å². The minimum absolute atomic E-state index is 0.225. The van der Waals surface area contributed by atoms with Crippen molar-refractivity contribution in [3.63, 3.8) is 0 Å². The van der Waals surface area contributed by atoms with Crippen LogP contribution in [0.1, 0.15) is 0 Å². The van der Waals surface area contributed by atoms with Crippen LogP contribution in [0.5, 0.6) is 0 Å². The van der Waals surface area contributed by atoms with E-state index in [0.717, 1.165) is 0 Å². The van der Waals surface area contributed by atoms with E-state index in [0.29, 0.717) is 0 Å². The van der Waals surface area contributed by atoms with Gasteiger partial charge in [0.05, 0.1) is 0 Å². The van der Waals surface area contributed by atoms with Crippen LogP contribution >= 0.6 is 0 Å². The SMILES string of the molecule is OC[SiH](c1ccccc1)c1ccc([SiH](CO)c2ccccc2)cc1. The van der Waals surface area contributed by atoms with Crippen molar-refractivity contribution in [2.24, 2.45) is 0 Å². The number of aliphatic hydroxyl groups excluding tert-OH is 2. The van der Waals surface area contributed by atoms with E-state index >= 15 is 0 Å². The Balaban J connectivity index is 1.87. The molecule has 2 nitrogen and oxygen atoms in total. The molecule has 0 aliphatic rings. The van der Waals surface area contributed by atoms with Gasteiger partial charge in [-0.2, -0.15) is 0 Å². The van der Waals surface area contributed by atoms with E-state index in [1.54, 1.807) is 0 Å². The summed E-state index contributed by atoms with van der Waals surface area (Å²) in [6.07, 6.45) is 0.450. The van der Waals surface area contributed by atoms with E-state index < -0.39 is 17.6 Å². The summed E-state index contributed by atoms with van der Waals surface area (Å²) in [6, 6.07) is 29.2. The van der Waals surface area contributed by atoms with Crippen LogP contribution in [-0.2, 0) is 0 Å². The Bertz CT molecular complexity index is 679. The lowest BCUT2D eigenvalue weighted by atomic mass is 10.3. The highest BCUT2D eigenvalue weighted by atomic mass is 28.3. The first-order valence-electron chi connectivity index (χ1n) is 8.25. The fourth-order valence-corrected chi connectivity index (χ4v) is 7.44. The lowest BCUT2D eigenvalue weighted by Crippen LogP contribution is -2.48. The third kappa shape index (κ3) is 3.73. The van der Waals surface area contributed by atoms with Crippen molar-refractivity contribution in [2.75, 3.05) is 12.5 Å². The Morgan fingerprint density at radius 2 is 0.750 bits per heavy atom. The molecular formula is C20H22O2Si2. The van der Waals surface area contributed by atoms with Crippen molar-refractivity contribution in [2.45, 2.75) is 0 Å². The van der Waals surface area contributed by atoms with E-state index in [-0.39, 0.29) is 12.5 Å². The summed E-state index contributed by atoms with van der Waals surface area (Å²) in [6.45, 7) is 0. The lowest BCUT2D eigenvalue weighted by molar-refractivity contribution is 0.364. The quantitative estimate of drug-likeness (QED) is 0.585. The van der Waals surface area contributed by atoms with Crippen LogP contribution in [-0.4, -0.2) is 40.3 Å². The summed E-state index contributed by atoms with van der Waals surface area (Å²) in [4.78, 5) is 0. The van der Waals surface area contributed by atoms with Crippen molar-refractivity contribution in [1.29, 1.82) is 0 Å². The highest BCUT2D eigenvalue weighted by Crippen LogP contribution is 1.95. The molecule has 3 aromatic carbocycles. The Morgan fingerprint density at radius 1 is 0.458 bits per heavy atom. The molecule has 24 heavy (non-hydrogen) atoms. The molecule has 2 atom stereocenters. The van der Waals surface area contributed by atoms with Crippen LogP contribution in [0.2, 0.25) is 0 Å². The normalized spacial score (nSPS) is 13.4. The zero-order valence-electron chi connectivity index (χ0n) is 13.5. The second-order valence-corrected chi connectivity index (χ2v) is 11.6. The molecule has 0 aromatic heterocycles. The first-order chi connectivity index (χ1) is 11.8. The first kappa shape index (κ1) is 16.9. The van der Waals surface area contributed by atoms with E-state index in [1.807, 2.05) is 36.4 Å². The minimum atomic E-state index is -1.56. The minimum Gasteiger partial charge on any atom is -0.399 e. The smallest absolute Gasteiger partial charge is 0.130 e. The topological polar surface area (TPSA) is 40.5 Å². The molecule has 0 aliphatic heterocycles. The van der Waals surface area contributed by atoms with Crippen molar-refractivity contribution in [1.82, 2.24) is 0 Å². The highest BCUT2D eigenvalue weighted by molar-refractivity contribution is 6.86. The largest absolute Gasteiger partial charge is 0.399 e. The summed E-state index contributed by atoms with van der Waals surface area (Å²) >= 11 is 0. The van der Waals surface area contributed by atoms with Crippen molar-refractivity contribution in [3.05, 3.63) is 84.9 Å².